The van der Waals surface area contributed by atoms with Gasteiger partial charge in [0.2, 0.25) is 0 Å². The lowest BCUT2D eigenvalue weighted by molar-refractivity contribution is 0.0635. The third-order valence-corrected chi connectivity index (χ3v) is 2.71. The molecular weight excluding hydrogens is 246 g/mol. The molecule has 2 heterocycles. The van der Waals surface area contributed by atoms with Gasteiger partial charge in [0.1, 0.15) is 11.4 Å². The highest BCUT2D eigenvalue weighted by molar-refractivity contribution is 5.84. The van der Waals surface area contributed by atoms with Gasteiger partial charge in [0.15, 0.2) is 0 Å². The Morgan fingerprint density at radius 3 is 2.84 bits per heavy atom. The standard InChI is InChI=1S/C12H21N5O2/c1-12(2,3)19-11(18)16-10-8(5-15-17-10)4-14-9-6-13-7-9/h5,9,13-14H,4,6-7H2,1-3H3,(H2,15,16,17,18). The topological polar surface area (TPSA) is 91.1 Å². The first kappa shape index (κ1) is 13.8. The molecular formula is C12H21N5O2. The molecule has 0 atom stereocenters. The van der Waals surface area contributed by atoms with Crippen LogP contribution in [0.5, 0.6) is 0 Å². The number of carbonyl (C=O) groups is 1. The van der Waals surface area contributed by atoms with Crippen molar-refractivity contribution in [1.29, 1.82) is 0 Å². The fraction of sp³-hybridized carbons (Fsp3) is 0.667. The van der Waals surface area contributed by atoms with Crippen LogP contribution < -0.4 is 16.0 Å². The molecule has 1 aromatic rings. The molecule has 1 fully saturated rings. The van der Waals surface area contributed by atoms with Gasteiger partial charge in [-0.05, 0) is 20.8 Å². The first-order valence-electron chi connectivity index (χ1n) is 6.40. The van der Waals surface area contributed by atoms with Crippen LogP contribution in [0.3, 0.4) is 0 Å². The Morgan fingerprint density at radius 2 is 2.26 bits per heavy atom. The maximum Gasteiger partial charge on any atom is 0.413 e. The minimum atomic E-state index is -0.514. The summed E-state index contributed by atoms with van der Waals surface area (Å²) in [5.74, 6) is 0.578. The van der Waals surface area contributed by atoms with Crippen molar-refractivity contribution in [3.63, 3.8) is 0 Å². The van der Waals surface area contributed by atoms with Crippen LogP contribution in [0.2, 0.25) is 0 Å². The van der Waals surface area contributed by atoms with Gasteiger partial charge >= 0.3 is 6.09 Å². The van der Waals surface area contributed by atoms with Crippen LogP contribution in [0, 0.1) is 0 Å². The Bertz CT molecular complexity index is 434. The molecule has 0 aliphatic carbocycles. The van der Waals surface area contributed by atoms with E-state index in [-0.39, 0.29) is 0 Å². The van der Waals surface area contributed by atoms with E-state index in [1.165, 1.54) is 0 Å². The molecule has 1 aliphatic rings. The molecule has 2 rings (SSSR count). The number of aromatic amines is 1. The number of carbonyl (C=O) groups excluding carboxylic acids is 1. The molecule has 106 valence electrons. The van der Waals surface area contributed by atoms with Gasteiger partial charge in [-0.1, -0.05) is 0 Å². The Labute approximate surface area is 112 Å². The first-order valence-corrected chi connectivity index (χ1v) is 6.40. The largest absolute Gasteiger partial charge is 0.444 e. The van der Waals surface area contributed by atoms with E-state index in [9.17, 15) is 4.79 Å². The molecule has 1 saturated heterocycles. The van der Waals surface area contributed by atoms with Gasteiger partial charge < -0.3 is 15.4 Å². The van der Waals surface area contributed by atoms with E-state index in [2.05, 4.69) is 26.1 Å². The minimum absolute atomic E-state index is 0.483. The summed E-state index contributed by atoms with van der Waals surface area (Å²) in [5.41, 5.74) is 0.401. The van der Waals surface area contributed by atoms with Crippen molar-refractivity contribution < 1.29 is 9.53 Å². The average molecular weight is 267 g/mol. The van der Waals surface area contributed by atoms with Crippen molar-refractivity contribution in [2.45, 2.75) is 39.0 Å². The predicted octanol–water partition coefficient (Wildman–Crippen LogP) is 0.818. The van der Waals surface area contributed by atoms with E-state index in [0.29, 0.717) is 18.4 Å². The van der Waals surface area contributed by atoms with E-state index in [1.807, 2.05) is 20.8 Å². The highest BCUT2D eigenvalue weighted by atomic mass is 16.6. The van der Waals surface area contributed by atoms with Gasteiger partial charge in [-0.15, -0.1) is 0 Å². The second-order valence-corrected chi connectivity index (χ2v) is 5.63. The molecule has 0 aromatic carbocycles. The summed E-state index contributed by atoms with van der Waals surface area (Å²) in [7, 11) is 0. The van der Waals surface area contributed by atoms with Gasteiger partial charge in [0.25, 0.3) is 0 Å². The van der Waals surface area contributed by atoms with Crippen molar-refractivity contribution in [2.75, 3.05) is 18.4 Å². The van der Waals surface area contributed by atoms with Crippen molar-refractivity contribution in [1.82, 2.24) is 20.8 Å². The van der Waals surface area contributed by atoms with Gasteiger partial charge in [0, 0.05) is 31.2 Å². The zero-order chi connectivity index (χ0) is 13.9. The zero-order valence-electron chi connectivity index (χ0n) is 11.5. The highest BCUT2D eigenvalue weighted by Crippen LogP contribution is 2.14. The Morgan fingerprint density at radius 1 is 1.53 bits per heavy atom. The van der Waals surface area contributed by atoms with E-state index in [4.69, 9.17) is 4.74 Å². The minimum Gasteiger partial charge on any atom is -0.444 e. The molecule has 1 aliphatic heterocycles. The van der Waals surface area contributed by atoms with Crippen LogP contribution in [0.4, 0.5) is 10.6 Å². The van der Waals surface area contributed by atoms with Crippen molar-refractivity contribution >= 4 is 11.9 Å². The number of amides is 1. The normalized spacial score (nSPS) is 15.9. The van der Waals surface area contributed by atoms with Gasteiger partial charge in [0.05, 0.1) is 6.20 Å². The molecule has 7 heteroatoms. The van der Waals surface area contributed by atoms with E-state index in [1.54, 1.807) is 6.20 Å². The highest BCUT2D eigenvalue weighted by Gasteiger charge is 2.19. The summed E-state index contributed by atoms with van der Waals surface area (Å²) in [4.78, 5) is 11.7. The fourth-order valence-corrected chi connectivity index (χ4v) is 1.65. The van der Waals surface area contributed by atoms with Gasteiger partial charge in [-0.3, -0.25) is 10.4 Å². The number of aromatic nitrogens is 2. The number of rotatable bonds is 4. The molecule has 19 heavy (non-hydrogen) atoms. The molecule has 0 saturated carbocycles. The number of anilines is 1. The smallest absolute Gasteiger partial charge is 0.413 e. The molecule has 1 aromatic heterocycles. The lowest BCUT2D eigenvalue weighted by atomic mass is 10.2. The zero-order valence-corrected chi connectivity index (χ0v) is 11.5. The summed E-state index contributed by atoms with van der Waals surface area (Å²) in [6.07, 6.45) is 1.22. The molecule has 7 nitrogen and oxygen atoms in total. The van der Waals surface area contributed by atoms with Crippen molar-refractivity contribution in [3.8, 4) is 0 Å². The third-order valence-electron chi connectivity index (χ3n) is 2.71. The lowest BCUT2D eigenvalue weighted by Gasteiger charge is -2.28. The molecule has 0 spiro atoms. The van der Waals surface area contributed by atoms with Crippen LogP contribution in [0.15, 0.2) is 6.20 Å². The van der Waals surface area contributed by atoms with Crippen molar-refractivity contribution in [2.24, 2.45) is 0 Å². The maximum absolute atomic E-state index is 11.7. The summed E-state index contributed by atoms with van der Waals surface area (Å²) in [5, 5.41) is 15.9. The number of hydrogen-bond acceptors (Lipinski definition) is 5. The molecule has 0 radical (unpaired) electrons. The quantitative estimate of drug-likeness (QED) is 0.648. The first-order chi connectivity index (χ1) is 8.94. The number of nitrogens with one attached hydrogen (secondary N) is 4. The number of H-pyrrole nitrogens is 1. The predicted molar refractivity (Wildman–Crippen MR) is 71.9 cm³/mol. The fourth-order valence-electron chi connectivity index (χ4n) is 1.65. The average Bonchev–Trinajstić information content (AvgIpc) is 2.60. The SMILES string of the molecule is CC(C)(C)OC(=O)Nc1[nH]ncc1CNC1CNC1. The lowest BCUT2D eigenvalue weighted by Crippen LogP contribution is -2.55. The van der Waals surface area contributed by atoms with Crippen LogP contribution in [0.1, 0.15) is 26.3 Å². The maximum atomic E-state index is 11.7. The molecule has 1 amide bonds. The van der Waals surface area contributed by atoms with E-state index in [0.717, 1.165) is 18.7 Å². The number of hydrogen-bond donors (Lipinski definition) is 4. The Kier molecular flexibility index (Phi) is 4.06. The number of ether oxygens (including phenoxy) is 1. The van der Waals surface area contributed by atoms with Gasteiger partial charge in [-0.2, -0.15) is 5.10 Å². The summed E-state index contributed by atoms with van der Waals surface area (Å²) < 4.78 is 5.20. The van der Waals surface area contributed by atoms with Crippen LogP contribution in [0.25, 0.3) is 0 Å². The Hall–Kier alpha value is -1.60. The number of nitrogens with zero attached hydrogens (tertiary/aromatic N) is 1. The summed E-state index contributed by atoms with van der Waals surface area (Å²) >= 11 is 0. The van der Waals surface area contributed by atoms with Crippen LogP contribution >= 0.6 is 0 Å². The van der Waals surface area contributed by atoms with Gasteiger partial charge in [-0.25, -0.2) is 4.79 Å². The Balaban J connectivity index is 1.85. The molecule has 0 bridgehead atoms. The third kappa shape index (κ3) is 4.22. The van der Waals surface area contributed by atoms with E-state index >= 15 is 0 Å². The second kappa shape index (κ2) is 5.58. The monoisotopic (exact) mass is 267 g/mol. The summed E-state index contributed by atoms with van der Waals surface area (Å²) in [6, 6.07) is 0.490. The second-order valence-electron chi connectivity index (χ2n) is 5.63. The van der Waals surface area contributed by atoms with Crippen LogP contribution in [-0.2, 0) is 11.3 Å². The van der Waals surface area contributed by atoms with E-state index < -0.39 is 11.7 Å². The molecule has 4 N–H and O–H groups in total. The molecule has 0 unspecified atom stereocenters. The van der Waals surface area contributed by atoms with Crippen molar-refractivity contribution in [3.05, 3.63) is 11.8 Å². The summed E-state index contributed by atoms with van der Waals surface area (Å²) in [6.45, 7) is 8.09. The van der Waals surface area contributed by atoms with Crippen LogP contribution in [-0.4, -0.2) is 41.0 Å².